The number of aryl methyl sites for hydroxylation is 1. The van der Waals surface area contributed by atoms with E-state index in [0.717, 1.165) is 6.26 Å². The van der Waals surface area contributed by atoms with Crippen LogP contribution in [0.15, 0.2) is 29.2 Å². The maximum Gasteiger partial charge on any atom is 0.338 e. The van der Waals surface area contributed by atoms with Crippen LogP contribution in [-0.4, -0.2) is 25.7 Å². The van der Waals surface area contributed by atoms with Gasteiger partial charge >= 0.3 is 5.97 Å². The number of aromatic carboxylic acids is 1. The quantitative estimate of drug-likeness (QED) is 0.819. The number of nitrogens with one attached hydrogen (secondary N) is 1. The van der Waals surface area contributed by atoms with Crippen LogP contribution in [0.25, 0.3) is 0 Å². The van der Waals surface area contributed by atoms with E-state index in [-0.39, 0.29) is 10.6 Å². The molecule has 0 saturated carbocycles. The molecule has 5 nitrogen and oxygen atoms in total. The van der Waals surface area contributed by atoms with E-state index in [2.05, 4.69) is 5.32 Å². The van der Waals surface area contributed by atoms with Crippen molar-refractivity contribution in [2.24, 2.45) is 0 Å². The lowest BCUT2D eigenvalue weighted by Crippen LogP contribution is -2.09. The van der Waals surface area contributed by atoms with Gasteiger partial charge in [0.25, 0.3) is 0 Å². The van der Waals surface area contributed by atoms with Crippen LogP contribution in [0.3, 0.4) is 0 Å². The molecule has 2 aromatic rings. The predicted molar refractivity (Wildman–Crippen MR) is 80.8 cm³/mol. The van der Waals surface area contributed by atoms with Crippen LogP contribution < -0.4 is 5.32 Å². The number of rotatable bonds is 4. The van der Waals surface area contributed by atoms with Crippen LogP contribution in [0.5, 0.6) is 0 Å². The first-order valence-corrected chi connectivity index (χ1v) is 8.40. The van der Waals surface area contributed by atoms with Crippen molar-refractivity contribution in [2.75, 3.05) is 11.6 Å². The SMILES string of the molecule is Cc1cc(S(C)(=O)=O)ccc1Nc1c(C(=O)O)cc(F)c(F)c1F. The van der Waals surface area contributed by atoms with Crippen LogP contribution in [0.2, 0.25) is 0 Å². The summed E-state index contributed by atoms with van der Waals surface area (Å²) in [5, 5.41) is 11.4. The van der Waals surface area contributed by atoms with E-state index in [1.165, 1.54) is 25.1 Å². The van der Waals surface area contributed by atoms with Crippen LogP contribution >= 0.6 is 0 Å². The minimum atomic E-state index is -3.46. The molecular formula is C15H12F3NO4S. The molecule has 0 atom stereocenters. The lowest BCUT2D eigenvalue weighted by atomic mass is 10.1. The van der Waals surface area contributed by atoms with Crippen molar-refractivity contribution in [3.8, 4) is 0 Å². The third-order valence-electron chi connectivity index (χ3n) is 3.28. The second-order valence-corrected chi connectivity index (χ2v) is 7.10. The third kappa shape index (κ3) is 3.35. The molecule has 2 N–H and O–H groups in total. The molecule has 24 heavy (non-hydrogen) atoms. The largest absolute Gasteiger partial charge is 0.478 e. The summed E-state index contributed by atoms with van der Waals surface area (Å²) in [6.45, 7) is 1.50. The summed E-state index contributed by atoms with van der Waals surface area (Å²) < 4.78 is 63.5. The second-order valence-electron chi connectivity index (χ2n) is 5.09. The molecule has 0 amide bonds. The van der Waals surface area contributed by atoms with Crippen molar-refractivity contribution in [1.82, 2.24) is 0 Å². The van der Waals surface area contributed by atoms with Crippen molar-refractivity contribution in [2.45, 2.75) is 11.8 Å². The van der Waals surface area contributed by atoms with Gasteiger partial charge in [0, 0.05) is 11.9 Å². The lowest BCUT2D eigenvalue weighted by molar-refractivity contribution is 0.0696. The Morgan fingerprint density at radius 2 is 1.75 bits per heavy atom. The standard InChI is InChI=1S/C15H12F3NO4S/c1-7-5-8(24(2,22)23)3-4-11(7)19-14-9(15(20)21)6-10(16)12(17)13(14)18/h3-6,19H,1-2H3,(H,20,21). The van der Waals surface area contributed by atoms with Gasteiger partial charge in [0.1, 0.15) is 0 Å². The van der Waals surface area contributed by atoms with Crippen LogP contribution in [-0.2, 0) is 9.84 Å². The van der Waals surface area contributed by atoms with Gasteiger partial charge in [-0.1, -0.05) is 0 Å². The first-order valence-electron chi connectivity index (χ1n) is 6.51. The van der Waals surface area contributed by atoms with Crippen molar-refractivity contribution in [3.05, 3.63) is 52.8 Å². The Kier molecular flexibility index (Phi) is 4.57. The number of halogens is 3. The number of carboxylic acids is 1. The van der Waals surface area contributed by atoms with E-state index < -0.39 is 44.5 Å². The minimum Gasteiger partial charge on any atom is -0.478 e. The normalized spacial score (nSPS) is 11.4. The maximum absolute atomic E-state index is 13.9. The zero-order valence-electron chi connectivity index (χ0n) is 12.5. The third-order valence-corrected chi connectivity index (χ3v) is 4.39. The number of carboxylic acid groups (broad SMARTS) is 1. The molecule has 2 aromatic carbocycles. The van der Waals surface area contributed by atoms with Crippen LogP contribution in [0.4, 0.5) is 24.5 Å². The molecule has 0 unspecified atom stereocenters. The molecule has 0 fully saturated rings. The monoisotopic (exact) mass is 359 g/mol. The molecule has 0 aliphatic heterocycles. The number of carbonyl (C=O) groups is 1. The molecule has 0 heterocycles. The zero-order valence-corrected chi connectivity index (χ0v) is 13.3. The highest BCUT2D eigenvalue weighted by Gasteiger charge is 2.23. The van der Waals surface area contributed by atoms with E-state index in [1.807, 2.05) is 0 Å². The van der Waals surface area contributed by atoms with Gasteiger partial charge in [0.15, 0.2) is 27.3 Å². The summed E-state index contributed by atoms with van der Waals surface area (Å²) in [6.07, 6.45) is 1.01. The van der Waals surface area contributed by atoms with Crippen molar-refractivity contribution >= 4 is 27.2 Å². The van der Waals surface area contributed by atoms with Crippen molar-refractivity contribution in [1.29, 1.82) is 0 Å². The van der Waals surface area contributed by atoms with Crippen LogP contribution in [0, 0.1) is 24.4 Å². The Hall–Kier alpha value is -2.55. The molecule has 2 rings (SSSR count). The Morgan fingerprint density at radius 1 is 1.12 bits per heavy atom. The molecule has 128 valence electrons. The zero-order chi connectivity index (χ0) is 18.2. The Balaban J connectivity index is 2.56. The summed E-state index contributed by atoms with van der Waals surface area (Å²) in [5.74, 6) is -6.77. The summed E-state index contributed by atoms with van der Waals surface area (Å²) in [4.78, 5) is 11.1. The summed E-state index contributed by atoms with van der Waals surface area (Å²) in [5.41, 5.74) is -1.05. The van der Waals surface area contributed by atoms with Gasteiger partial charge in [-0.15, -0.1) is 0 Å². The second kappa shape index (κ2) is 6.16. The Bertz CT molecular complexity index is 942. The average molecular weight is 359 g/mol. The molecule has 0 saturated heterocycles. The molecule has 0 spiro atoms. The smallest absolute Gasteiger partial charge is 0.338 e. The number of benzene rings is 2. The number of hydrogen-bond donors (Lipinski definition) is 2. The van der Waals surface area contributed by atoms with E-state index in [4.69, 9.17) is 5.11 Å². The highest BCUT2D eigenvalue weighted by Crippen LogP contribution is 2.30. The molecule has 0 bridgehead atoms. The number of anilines is 2. The topological polar surface area (TPSA) is 83.5 Å². The molecule has 0 aliphatic carbocycles. The Labute approximate surface area is 135 Å². The Morgan fingerprint density at radius 3 is 2.25 bits per heavy atom. The summed E-state index contributed by atoms with van der Waals surface area (Å²) >= 11 is 0. The maximum atomic E-state index is 13.9. The van der Waals surface area contributed by atoms with Crippen molar-refractivity contribution < 1.29 is 31.5 Å². The van der Waals surface area contributed by atoms with Gasteiger partial charge in [-0.25, -0.2) is 26.4 Å². The van der Waals surface area contributed by atoms with Gasteiger partial charge in [0.2, 0.25) is 0 Å². The fourth-order valence-electron chi connectivity index (χ4n) is 2.03. The first-order chi connectivity index (χ1) is 11.0. The van der Waals surface area contributed by atoms with Gasteiger partial charge in [0.05, 0.1) is 16.1 Å². The van der Waals surface area contributed by atoms with E-state index in [9.17, 15) is 26.4 Å². The minimum absolute atomic E-state index is 0.00904. The summed E-state index contributed by atoms with van der Waals surface area (Å²) in [7, 11) is -3.46. The molecule has 9 heteroatoms. The lowest BCUT2D eigenvalue weighted by Gasteiger charge is -2.14. The predicted octanol–water partition coefficient (Wildman–Crippen LogP) is 3.26. The molecule has 0 radical (unpaired) electrons. The highest BCUT2D eigenvalue weighted by molar-refractivity contribution is 7.90. The van der Waals surface area contributed by atoms with Gasteiger partial charge in [-0.3, -0.25) is 0 Å². The van der Waals surface area contributed by atoms with E-state index >= 15 is 0 Å². The molecule has 0 aromatic heterocycles. The fourth-order valence-corrected chi connectivity index (χ4v) is 2.73. The fraction of sp³-hybridized carbons (Fsp3) is 0.133. The number of sulfone groups is 1. The average Bonchev–Trinajstić information content (AvgIpc) is 2.47. The highest BCUT2D eigenvalue weighted by atomic mass is 32.2. The number of hydrogen-bond acceptors (Lipinski definition) is 4. The summed E-state index contributed by atoms with van der Waals surface area (Å²) in [6, 6.07) is 4.15. The van der Waals surface area contributed by atoms with Gasteiger partial charge in [-0.05, 0) is 36.8 Å². The van der Waals surface area contributed by atoms with Gasteiger partial charge in [-0.2, -0.15) is 0 Å². The van der Waals surface area contributed by atoms with Gasteiger partial charge < -0.3 is 10.4 Å². The molecular weight excluding hydrogens is 347 g/mol. The van der Waals surface area contributed by atoms with Crippen molar-refractivity contribution in [3.63, 3.8) is 0 Å². The van der Waals surface area contributed by atoms with E-state index in [0.29, 0.717) is 11.6 Å². The first kappa shape index (κ1) is 17.8. The van der Waals surface area contributed by atoms with Crippen LogP contribution in [0.1, 0.15) is 15.9 Å². The van der Waals surface area contributed by atoms with E-state index in [1.54, 1.807) is 0 Å². The molecule has 0 aliphatic rings.